The second-order valence-corrected chi connectivity index (χ2v) is 9.80. The maximum Gasteiger partial charge on any atom is 0.408 e. The maximum absolute atomic E-state index is 13.6. The standard InChI is InChI=1S/C25H38N4O6/c1-5-29(23(33)18(15-20(26)31)28-24(34)35-25(2,3)4)21(17-13-9-10-14-19(17)30)22(32)27-16-11-7-6-8-12-16/h9-10,13-14,16,18,21,30H,5-8,11-12,15H2,1-4H3,(H2,26,31)(H,27,32)(H,28,34). The number of benzene rings is 1. The first kappa shape index (κ1) is 27.9. The van der Waals surface area contributed by atoms with Crippen molar-refractivity contribution in [2.75, 3.05) is 6.54 Å². The third-order valence-corrected chi connectivity index (χ3v) is 5.76. The van der Waals surface area contributed by atoms with Gasteiger partial charge in [-0.3, -0.25) is 14.4 Å². The largest absolute Gasteiger partial charge is 0.508 e. The minimum atomic E-state index is -1.35. The monoisotopic (exact) mass is 490 g/mol. The van der Waals surface area contributed by atoms with E-state index < -0.39 is 47.9 Å². The topological polar surface area (TPSA) is 151 Å². The Bertz CT molecular complexity index is 907. The molecule has 2 atom stereocenters. The smallest absolute Gasteiger partial charge is 0.408 e. The number of para-hydroxylation sites is 1. The average molecular weight is 491 g/mol. The first-order chi connectivity index (χ1) is 16.4. The lowest BCUT2D eigenvalue weighted by atomic mass is 9.94. The fourth-order valence-corrected chi connectivity index (χ4v) is 4.21. The number of amides is 4. The van der Waals surface area contributed by atoms with Gasteiger partial charge in [0.2, 0.25) is 17.7 Å². The minimum absolute atomic E-state index is 0.0280. The van der Waals surface area contributed by atoms with Crippen LogP contribution < -0.4 is 16.4 Å². The number of alkyl carbamates (subject to hydrolysis) is 1. The van der Waals surface area contributed by atoms with Gasteiger partial charge in [-0.2, -0.15) is 0 Å². The molecule has 10 nitrogen and oxygen atoms in total. The Kier molecular flexibility index (Phi) is 9.91. The number of carbonyl (C=O) groups is 4. The highest BCUT2D eigenvalue weighted by Gasteiger charge is 2.37. The Morgan fingerprint density at radius 2 is 1.77 bits per heavy atom. The highest BCUT2D eigenvalue weighted by Crippen LogP contribution is 2.30. The summed E-state index contributed by atoms with van der Waals surface area (Å²) < 4.78 is 5.23. The van der Waals surface area contributed by atoms with E-state index in [0.29, 0.717) is 0 Å². The zero-order valence-electron chi connectivity index (χ0n) is 21.0. The molecule has 0 radical (unpaired) electrons. The summed E-state index contributed by atoms with van der Waals surface area (Å²) in [6, 6.07) is 3.74. The first-order valence-electron chi connectivity index (χ1n) is 12.1. The number of nitrogens with two attached hydrogens (primary N) is 1. The van der Waals surface area contributed by atoms with E-state index in [1.54, 1.807) is 45.9 Å². The van der Waals surface area contributed by atoms with E-state index in [1.807, 2.05) is 0 Å². The van der Waals surface area contributed by atoms with Gasteiger partial charge in [0.25, 0.3) is 0 Å². The van der Waals surface area contributed by atoms with E-state index in [9.17, 15) is 24.3 Å². The summed E-state index contributed by atoms with van der Waals surface area (Å²) >= 11 is 0. The highest BCUT2D eigenvalue weighted by molar-refractivity contribution is 5.94. The van der Waals surface area contributed by atoms with Crippen molar-refractivity contribution in [3.05, 3.63) is 29.8 Å². The van der Waals surface area contributed by atoms with Crippen molar-refractivity contribution < 1.29 is 29.0 Å². The number of hydrogen-bond acceptors (Lipinski definition) is 6. The van der Waals surface area contributed by atoms with Crippen molar-refractivity contribution in [2.45, 2.75) is 89.9 Å². The van der Waals surface area contributed by atoms with Crippen LogP contribution in [0, 0.1) is 0 Å². The van der Waals surface area contributed by atoms with Crippen molar-refractivity contribution in [1.29, 1.82) is 0 Å². The van der Waals surface area contributed by atoms with Crippen LogP contribution in [0.3, 0.4) is 0 Å². The Morgan fingerprint density at radius 1 is 1.14 bits per heavy atom. The van der Waals surface area contributed by atoms with Gasteiger partial charge in [-0.25, -0.2) is 4.79 Å². The van der Waals surface area contributed by atoms with Crippen molar-refractivity contribution in [3.8, 4) is 5.75 Å². The number of nitrogens with one attached hydrogen (secondary N) is 2. The van der Waals surface area contributed by atoms with E-state index in [0.717, 1.165) is 32.1 Å². The molecule has 0 saturated heterocycles. The average Bonchev–Trinajstić information content (AvgIpc) is 2.76. The Hall–Kier alpha value is -3.30. The van der Waals surface area contributed by atoms with Crippen LogP contribution in [0.4, 0.5) is 4.79 Å². The van der Waals surface area contributed by atoms with Crippen LogP contribution in [0.15, 0.2) is 24.3 Å². The molecule has 10 heteroatoms. The summed E-state index contributed by atoms with van der Waals surface area (Å²) in [4.78, 5) is 52.5. The van der Waals surface area contributed by atoms with Gasteiger partial charge in [-0.15, -0.1) is 0 Å². The molecule has 1 aromatic carbocycles. The quantitative estimate of drug-likeness (QED) is 0.417. The third kappa shape index (κ3) is 8.45. The molecule has 35 heavy (non-hydrogen) atoms. The molecule has 1 aliphatic carbocycles. The van der Waals surface area contributed by atoms with Crippen molar-refractivity contribution in [2.24, 2.45) is 5.73 Å². The second-order valence-electron chi connectivity index (χ2n) is 9.80. The van der Waals surface area contributed by atoms with E-state index in [4.69, 9.17) is 10.5 Å². The molecule has 0 heterocycles. The molecule has 0 spiro atoms. The predicted octanol–water partition coefficient (Wildman–Crippen LogP) is 2.50. The first-order valence-corrected chi connectivity index (χ1v) is 12.1. The number of carbonyl (C=O) groups excluding carboxylic acids is 4. The summed E-state index contributed by atoms with van der Waals surface area (Å²) in [6.07, 6.45) is 3.42. The maximum atomic E-state index is 13.6. The van der Waals surface area contributed by atoms with Gasteiger partial charge in [0.05, 0.1) is 6.42 Å². The molecule has 2 unspecified atom stereocenters. The summed E-state index contributed by atoms with van der Waals surface area (Å²) in [5.41, 5.74) is 4.76. The lowest BCUT2D eigenvalue weighted by Gasteiger charge is -2.35. The van der Waals surface area contributed by atoms with Gasteiger partial charge >= 0.3 is 6.09 Å². The molecule has 0 aromatic heterocycles. The molecule has 1 fully saturated rings. The summed E-state index contributed by atoms with van der Waals surface area (Å²) in [6.45, 7) is 6.74. The summed E-state index contributed by atoms with van der Waals surface area (Å²) in [7, 11) is 0. The minimum Gasteiger partial charge on any atom is -0.508 e. The summed E-state index contributed by atoms with van der Waals surface area (Å²) in [5.74, 6) is -2.08. The summed E-state index contributed by atoms with van der Waals surface area (Å²) in [5, 5.41) is 16.0. The Balaban J connectivity index is 2.38. The molecule has 0 bridgehead atoms. The van der Waals surface area contributed by atoms with E-state index in [2.05, 4.69) is 10.6 Å². The normalized spacial score (nSPS) is 16.0. The number of nitrogens with zero attached hydrogens (tertiary/aromatic N) is 1. The van der Waals surface area contributed by atoms with Crippen LogP contribution in [0.5, 0.6) is 5.75 Å². The van der Waals surface area contributed by atoms with Crippen LogP contribution >= 0.6 is 0 Å². The molecule has 0 aliphatic heterocycles. The van der Waals surface area contributed by atoms with Crippen molar-refractivity contribution in [3.63, 3.8) is 0 Å². The Labute approximate surface area is 206 Å². The van der Waals surface area contributed by atoms with Crippen LogP contribution in [0.25, 0.3) is 0 Å². The highest BCUT2D eigenvalue weighted by atomic mass is 16.6. The number of ether oxygens (including phenoxy) is 1. The van der Waals surface area contributed by atoms with E-state index >= 15 is 0 Å². The van der Waals surface area contributed by atoms with Crippen molar-refractivity contribution >= 4 is 23.8 Å². The zero-order chi connectivity index (χ0) is 26.2. The number of phenols is 1. The van der Waals surface area contributed by atoms with Gasteiger partial charge in [0, 0.05) is 18.2 Å². The SMILES string of the molecule is CCN(C(=O)C(CC(N)=O)NC(=O)OC(C)(C)C)C(C(=O)NC1CCCCC1)c1ccccc1O. The Morgan fingerprint density at radius 3 is 2.31 bits per heavy atom. The van der Waals surface area contributed by atoms with Gasteiger partial charge in [-0.05, 0) is 46.6 Å². The molecular weight excluding hydrogens is 452 g/mol. The number of likely N-dealkylation sites (N-methyl/N-ethyl adjacent to an activating group) is 1. The van der Waals surface area contributed by atoms with Crippen LogP contribution in [0.2, 0.25) is 0 Å². The third-order valence-electron chi connectivity index (χ3n) is 5.76. The van der Waals surface area contributed by atoms with E-state index in [-0.39, 0.29) is 23.9 Å². The van der Waals surface area contributed by atoms with Crippen LogP contribution in [-0.2, 0) is 19.1 Å². The fourth-order valence-electron chi connectivity index (χ4n) is 4.21. The second kappa shape index (κ2) is 12.4. The number of hydrogen-bond donors (Lipinski definition) is 4. The van der Waals surface area contributed by atoms with Crippen LogP contribution in [0.1, 0.15) is 77.8 Å². The molecule has 1 aromatic rings. The molecule has 4 amide bonds. The molecule has 5 N–H and O–H groups in total. The number of rotatable bonds is 9. The lowest BCUT2D eigenvalue weighted by Crippen LogP contribution is -2.54. The molecule has 194 valence electrons. The van der Waals surface area contributed by atoms with E-state index in [1.165, 1.54) is 11.0 Å². The van der Waals surface area contributed by atoms with Crippen molar-refractivity contribution in [1.82, 2.24) is 15.5 Å². The molecule has 1 saturated carbocycles. The number of phenolic OH excluding ortho intramolecular Hbond substituents is 1. The molecule has 2 rings (SSSR count). The fraction of sp³-hybridized carbons (Fsp3) is 0.600. The van der Waals surface area contributed by atoms with Gasteiger partial charge in [0.15, 0.2) is 0 Å². The predicted molar refractivity (Wildman–Crippen MR) is 130 cm³/mol. The lowest BCUT2D eigenvalue weighted by molar-refractivity contribution is -0.143. The molecular formula is C25H38N4O6. The molecule has 1 aliphatic rings. The van der Waals surface area contributed by atoms with Gasteiger partial charge in [-0.1, -0.05) is 37.5 Å². The van der Waals surface area contributed by atoms with Crippen LogP contribution in [-0.4, -0.2) is 58.1 Å². The van der Waals surface area contributed by atoms with Gasteiger partial charge in [0.1, 0.15) is 23.4 Å². The number of primary amides is 1. The number of aromatic hydroxyl groups is 1. The zero-order valence-corrected chi connectivity index (χ0v) is 21.0. The van der Waals surface area contributed by atoms with Gasteiger partial charge < -0.3 is 31.1 Å².